The molecule has 0 unspecified atom stereocenters. The summed E-state index contributed by atoms with van der Waals surface area (Å²) in [4.78, 5) is 20.5. The maximum Gasteiger partial charge on any atom is 0.259 e. The Bertz CT molecular complexity index is 1050. The van der Waals surface area contributed by atoms with Crippen LogP contribution in [0.2, 0.25) is 0 Å². The fourth-order valence-corrected chi connectivity index (χ4v) is 2.68. The molecule has 0 amide bonds. The van der Waals surface area contributed by atoms with Gasteiger partial charge in [0.2, 0.25) is 0 Å². The first-order valence-electron chi connectivity index (χ1n) is 7.90. The van der Waals surface area contributed by atoms with Gasteiger partial charge in [0.1, 0.15) is 24.1 Å². The Morgan fingerprint density at radius 3 is 2.84 bits per heavy atom. The van der Waals surface area contributed by atoms with E-state index in [4.69, 9.17) is 0 Å². The highest BCUT2D eigenvalue weighted by atomic mass is 16.1. The zero-order chi connectivity index (χ0) is 17.1. The van der Waals surface area contributed by atoms with E-state index < -0.39 is 0 Å². The van der Waals surface area contributed by atoms with E-state index >= 15 is 0 Å². The van der Waals surface area contributed by atoms with Crippen molar-refractivity contribution in [2.24, 2.45) is 0 Å². The molecular weight excluding hydrogens is 316 g/mol. The molecule has 1 aromatic carbocycles. The van der Waals surface area contributed by atoms with Crippen molar-refractivity contribution < 1.29 is 0 Å². The summed E-state index contributed by atoms with van der Waals surface area (Å²) in [5.74, 6) is 0.567. The Balaban J connectivity index is 1.50. The molecular formula is C18H16N6O. The third-order valence-corrected chi connectivity index (χ3v) is 3.85. The van der Waals surface area contributed by atoms with Crippen LogP contribution in [0.1, 0.15) is 11.1 Å². The van der Waals surface area contributed by atoms with Crippen LogP contribution < -0.4 is 10.9 Å². The van der Waals surface area contributed by atoms with Gasteiger partial charge in [-0.05, 0) is 23.3 Å². The molecule has 7 nitrogen and oxygen atoms in total. The summed E-state index contributed by atoms with van der Waals surface area (Å²) in [6.45, 7) is 1.25. The standard InChI is InChI=1S/C18H16N6O/c25-18-9-16(22-17-6-1-2-7-24(17)18)20-10-14-4-3-5-15(8-14)11-23-13-19-12-21-23/h1-9,12-13,20H,10-11H2. The molecule has 7 heteroatoms. The van der Waals surface area contributed by atoms with E-state index in [2.05, 4.69) is 26.4 Å². The molecule has 3 aromatic heterocycles. The molecule has 0 aliphatic rings. The largest absolute Gasteiger partial charge is 0.366 e. The Morgan fingerprint density at radius 2 is 1.96 bits per heavy atom. The van der Waals surface area contributed by atoms with Crippen LogP contribution in [0.15, 0.2) is 72.2 Å². The highest BCUT2D eigenvalue weighted by molar-refractivity contribution is 5.46. The zero-order valence-corrected chi connectivity index (χ0v) is 13.4. The molecule has 124 valence electrons. The number of fused-ring (bicyclic) bond motifs is 1. The SMILES string of the molecule is O=c1cc(NCc2cccc(Cn3cncn3)c2)nc2ccccn12. The average molecular weight is 332 g/mol. The summed E-state index contributed by atoms with van der Waals surface area (Å²) >= 11 is 0. The van der Waals surface area contributed by atoms with E-state index in [0.717, 1.165) is 11.1 Å². The predicted molar refractivity (Wildman–Crippen MR) is 94.4 cm³/mol. The maximum atomic E-state index is 12.1. The first-order valence-corrected chi connectivity index (χ1v) is 7.90. The van der Waals surface area contributed by atoms with Gasteiger partial charge < -0.3 is 5.32 Å². The van der Waals surface area contributed by atoms with Gasteiger partial charge in [0.15, 0.2) is 0 Å². The lowest BCUT2D eigenvalue weighted by atomic mass is 10.1. The second-order valence-electron chi connectivity index (χ2n) is 5.68. The summed E-state index contributed by atoms with van der Waals surface area (Å²) in [7, 11) is 0. The smallest absolute Gasteiger partial charge is 0.259 e. The number of nitrogens with one attached hydrogen (secondary N) is 1. The molecule has 1 N–H and O–H groups in total. The van der Waals surface area contributed by atoms with Gasteiger partial charge in [-0.1, -0.05) is 30.3 Å². The molecule has 0 fully saturated rings. The van der Waals surface area contributed by atoms with Crippen molar-refractivity contribution in [3.05, 3.63) is 88.9 Å². The Kier molecular flexibility index (Phi) is 3.96. The lowest BCUT2D eigenvalue weighted by molar-refractivity contribution is 0.684. The van der Waals surface area contributed by atoms with Crippen molar-refractivity contribution in [1.29, 1.82) is 0 Å². The minimum Gasteiger partial charge on any atom is -0.366 e. The monoisotopic (exact) mass is 332 g/mol. The number of anilines is 1. The van der Waals surface area contributed by atoms with Crippen LogP contribution in [0.4, 0.5) is 5.82 Å². The molecule has 0 bridgehead atoms. The molecule has 0 spiro atoms. The van der Waals surface area contributed by atoms with Crippen molar-refractivity contribution in [3.63, 3.8) is 0 Å². The summed E-state index contributed by atoms with van der Waals surface area (Å²) in [6, 6.07) is 15.2. The first kappa shape index (κ1) is 15.1. The van der Waals surface area contributed by atoms with Gasteiger partial charge >= 0.3 is 0 Å². The van der Waals surface area contributed by atoms with Gasteiger partial charge in [-0.25, -0.2) is 14.6 Å². The van der Waals surface area contributed by atoms with Crippen LogP contribution in [-0.4, -0.2) is 24.1 Å². The van der Waals surface area contributed by atoms with Crippen LogP contribution in [0.3, 0.4) is 0 Å². The molecule has 0 saturated carbocycles. The van der Waals surface area contributed by atoms with Gasteiger partial charge in [-0.2, -0.15) is 5.10 Å². The zero-order valence-electron chi connectivity index (χ0n) is 13.4. The number of rotatable bonds is 5. The Hall–Kier alpha value is -3.48. The fourth-order valence-electron chi connectivity index (χ4n) is 2.68. The fraction of sp³-hybridized carbons (Fsp3) is 0.111. The minimum atomic E-state index is -0.104. The number of nitrogens with zero attached hydrogens (tertiary/aromatic N) is 5. The lowest BCUT2D eigenvalue weighted by Crippen LogP contribution is -2.15. The molecule has 4 aromatic rings. The van der Waals surface area contributed by atoms with E-state index in [-0.39, 0.29) is 5.56 Å². The van der Waals surface area contributed by atoms with Crippen LogP contribution >= 0.6 is 0 Å². The van der Waals surface area contributed by atoms with E-state index in [0.29, 0.717) is 24.6 Å². The van der Waals surface area contributed by atoms with E-state index in [1.165, 1.54) is 16.8 Å². The highest BCUT2D eigenvalue weighted by Gasteiger charge is 2.03. The van der Waals surface area contributed by atoms with Crippen LogP contribution in [0.25, 0.3) is 5.65 Å². The number of benzene rings is 1. The summed E-state index contributed by atoms with van der Waals surface area (Å²) in [5, 5.41) is 7.34. The van der Waals surface area contributed by atoms with Crippen molar-refractivity contribution in [2.45, 2.75) is 13.1 Å². The lowest BCUT2D eigenvalue weighted by Gasteiger charge is -2.09. The van der Waals surface area contributed by atoms with Crippen LogP contribution in [0.5, 0.6) is 0 Å². The third-order valence-electron chi connectivity index (χ3n) is 3.85. The summed E-state index contributed by atoms with van der Waals surface area (Å²) in [6.07, 6.45) is 4.93. The third kappa shape index (κ3) is 3.40. The van der Waals surface area contributed by atoms with E-state index in [1.54, 1.807) is 17.2 Å². The molecule has 3 heterocycles. The highest BCUT2D eigenvalue weighted by Crippen LogP contribution is 2.10. The van der Waals surface area contributed by atoms with E-state index in [9.17, 15) is 4.79 Å². The Labute approximate surface area is 143 Å². The van der Waals surface area contributed by atoms with Crippen molar-refractivity contribution in [1.82, 2.24) is 24.1 Å². The molecule has 0 atom stereocenters. The maximum absolute atomic E-state index is 12.1. The van der Waals surface area contributed by atoms with Gasteiger partial charge in [0.05, 0.1) is 6.54 Å². The number of aromatic nitrogens is 5. The molecule has 0 aliphatic carbocycles. The second kappa shape index (κ2) is 6.56. The predicted octanol–water partition coefficient (Wildman–Crippen LogP) is 1.95. The number of pyridine rings is 1. The van der Waals surface area contributed by atoms with Gasteiger partial charge in [-0.3, -0.25) is 9.20 Å². The first-order chi connectivity index (χ1) is 12.3. The molecule has 25 heavy (non-hydrogen) atoms. The topological polar surface area (TPSA) is 77.1 Å². The minimum absolute atomic E-state index is 0.104. The van der Waals surface area contributed by atoms with Crippen LogP contribution in [0, 0.1) is 0 Å². The van der Waals surface area contributed by atoms with Crippen molar-refractivity contribution in [2.75, 3.05) is 5.32 Å². The quantitative estimate of drug-likeness (QED) is 0.604. The molecule has 0 radical (unpaired) electrons. The van der Waals surface area contributed by atoms with Crippen LogP contribution in [-0.2, 0) is 13.1 Å². The molecule has 0 saturated heterocycles. The normalized spacial score (nSPS) is 10.9. The van der Waals surface area contributed by atoms with Crippen molar-refractivity contribution >= 4 is 11.5 Å². The Morgan fingerprint density at radius 1 is 1.04 bits per heavy atom. The molecule has 4 rings (SSSR count). The number of hydrogen-bond donors (Lipinski definition) is 1. The van der Waals surface area contributed by atoms with Crippen molar-refractivity contribution in [3.8, 4) is 0 Å². The van der Waals surface area contributed by atoms with Gasteiger partial charge in [0.25, 0.3) is 5.56 Å². The number of hydrogen-bond acceptors (Lipinski definition) is 5. The second-order valence-corrected chi connectivity index (χ2v) is 5.68. The summed E-state index contributed by atoms with van der Waals surface area (Å²) < 4.78 is 3.29. The average Bonchev–Trinajstić information content (AvgIpc) is 3.13. The summed E-state index contributed by atoms with van der Waals surface area (Å²) in [5.41, 5.74) is 2.76. The van der Waals surface area contributed by atoms with Gasteiger partial charge in [-0.15, -0.1) is 0 Å². The van der Waals surface area contributed by atoms with Gasteiger partial charge in [0, 0.05) is 18.8 Å². The molecule has 0 aliphatic heterocycles. The van der Waals surface area contributed by atoms with E-state index in [1.807, 2.05) is 36.4 Å².